The maximum Gasteiger partial charge on any atom is 0.336 e. The van der Waals surface area contributed by atoms with Gasteiger partial charge in [-0.1, -0.05) is 13.0 Å². The lowest BCUT2D eigenvalue weighted by Gasteiger charge is -2.14. The van der Waals surface area contributed by atoms with Crippen LogP contribution in [0.25, 0.3) is 0 Å². The highest BCUT2D eigenvalue weighted by atomic mass is 16.4. The molecule has 0 aromatic heterocycles. The zero-order valence-corrected chi connectivity index (χ0v) is 9.23. The molecule has 1 N–H and O–H groups in total. The highest BCUT2D eigenvalue weighted by Gasteiger charge is 2.31. The summed E-state index contributed by atoms with van der Waals surface area (Å²) < 4.78 is 0. The van der Waals surface area contributed by atoms with Crippen molar-refractivity contribution in [2.75, 3.05) is 11.4 Å². The van der Waals surface area contributed by atoms with Crippen molar-refractivity contribution >= 4 is 17.6 Å². The van der Waals surface area contributed by atoms with Gasteiger partial charge in [0.2, 0.25) is 5.91 Å². The average Bonchev–Trinajstić information content (AvgIpc) is 2.56. The molecule has 0 radical (unpaired) electrons. The lowest BCUT2D eigenvalue weighted by atomic mass is 9.97. The molecule has 0 bridgehead atoms. The molecule has 1 aromatic carbocycles. The van der Waals surface area contributed by atoms with Gasteiger partial charge in [-0.3, -0.25) is 4.79 Å². The Morgan fingerprint density at radius 2 is 2.12 bits per heavy atom. The molecule has 0 saturated carbocycles. The quantitative estimate of drug-likeness (QED) is 0.784. The van der Waals surface area contributed by atoms with Crippen LogP contribution in [0.3, 0.4) is 0 Å². The highest BCUT2D eigenvalue weighted by molar-refractivity contribution is 5.99. The van der Waals surface area contributed by atoms with Gasteiger partial charge in [0.1, 0.15) is 0 Å². The summed E-state index contributed by atoms with van der Waals surface area (Å²) in [5, 5.41) is 9.09. The Labute approximate surface area is 93.5 Å². The van der Waals surface area contributed by atoms with Crippen molar-refractivity contribution < 1.29 is 14.7 Å². The number of hydrogen-bond donors (Lipinski definition) is 1. The maximum absolute atomic E-state index is 11.4. The van der Waals surface area contributed by atoms with E-state index in [-0.39, 0.29) is 11.8 Å². The molecule has 1 heterocycles. The van der Waals surface area contributed by atoms with E-state index in [0.29, 0.717) is 12.1 Å². The van der Waals surface area contributed by atoms with E-state index >= 15 is 0 Å². The number of benzene rings is 1. The number of hydrogen-bond acceptors (Lipinski definition) is 2. The SMILES string of the molecule is CC(=O)N1CC(C)c2c(C(=O)O)cccc21. The van der Waals surface area contributed by atoms with Crippen LogP contribution in [0, 0.1) is 0 Å². The third-order valence-electron chi connectivity index (χ3n) is 2.93. The Kier molecular flexibility index (Phi) is 2.42. The van der Waals surface area contributed by atoms with Gasteiger partial charge in [-0.2, -0.15) is 0 Å². The molecular formula is C12H13NO3. The zero-order chi connectivity index (χ0) is 11.9. The largest absolute Gasteiger partial charge is 0.478 e. The first-order valence-corrected chi connectivity index (χ1v) is 5.16. The number of carboxylic acid groups (broad SMARTS) is 1. The van der Waals surface area contributed by atoms with Crippen molar-refractivity contribution in [2.24, 2.45) is 0 Å². The molecule has 0 spiro atoms. The van der Waals surface area contributed by atoms with Crippen LogP contribution in [0.1, 0.15) is 35.7 Å². The standard InChI is InChI=1S/C12H13NO3/c1-7-6-13(8(2)14)10-5-3-4-9(11(7)10)12(15)16/h3-5,7H,6H2,1-2H3,(H,15,16). The average molecular weight is 219 g/mol. The molecule has 1 amide bonds. The molecule has 0 saturated heterocycles. The second-order valence-corrected chi connectivity index (χ2v) is 4.07. The van der Waals surface area contributed by atoms with Crippen LogP contribution >= 0.6 is 0 Å². The summed E-state index contributed by atoms with van der Waals surface area (Å²) in [5.41, 5.74) is 1.80. The monoisotopic (exact) mass is 219 g/mol. The molecule has 1 aliphatic heterocycles. The van der Waals surface area contributed by atoms with E-state index in [1.165, 1.54) is 6.92 Å². The Morgan fingerprint density at radius 3 is 2.69 bits per heavy atom. The van der Waals surface area contributed by atoms with Crippen molar-refractivity contribution in [3.8, 4) is 0 Å². The molecule has 4 heteroatoms. The van der Waals surface area contributed by atoms with E-state index in [9.17, 15) is 9.59 Å². The van der Waals surface area contributed by atoms with Crippen molar-refractivity contribution in [1.82, 2.24) is 0 Å². The number of rotatable bonds is 1. The lowest BCUT2D eigenvalue weighted by Crippen LogP contribution is -2.26. The molecule has 0 fully saturated rings. The van der Waals surface area contributed by atoms with Crippen LogP contribution in [0.5, 0.6) is 0 Å². The van der Waals surface area contributed by atoms with E-state index < -0.39 is 5.97 Å². The van der Waals surface area contributed by atoms with Crippen LogP contribution in [0.15, 0.2) is 18.2 Å². The molecule has 2 rings (SSSR count). The summed E-state index contributed by atoms with van der Waals surface area (Å²) in [6.45, 7) is 4.00. The van der Waals surface area contributed by atoms with Crippen LogP contribution in [-0.2, 0) is 4.79 Å². The van der Waals surface area contributed by atoms with Crippen molar-refractivity contribution in [3.05, 3.63) is 29.3 Å². The normalized spacial score (nSPS) is 18.4. The number of anilines is 1. The lowest BCUT2D eigenvalue weighted by molar-refractivity contribution is -0.116. The first kappa shape index (κ1) is 10.7. The van der Waals surface area contributed by atoms with E-state index in [1.54, 1.807) is 23.1 Å². The Morgan fingerprint density at radius 1 is 1.44 bits per heavy atom. The van der Waals surface area contributed by atoms with Gasteiger partial charge in [0.25, 0.3) is 0 Å². The number of carbonyl (C=O) groups is 2. The van der Waals surface area contributed by atoms with E-state index in [4.69, 9.17) is 5.11 Å². The molecule has 1 aliphatic rings. The number of nitrogens with zero attached hydrogens (tertiary/aromatic N) is 1. The van der Waals surface area contributed by atoms with Gasteiger partial charge >= 0.3 is 5.97 Å². The second-order valence-electron chi connectivity index (χ2n) is 4.07. The van der Waals surface area contributed by atoms with Gasteiger partial charge in [-0.15, -0.1) is 0 Å². The summed E-state index contributed by atoms with van der Waals surface area (Å²) in [4.78, 5) is 24.1. The van der Waals surface area contributed by atoms with Crippen LogP contribution in [-0.4, -0.2) is 23.5 Å². The van der Waals surface area contributed by atoms with Gasteiger partial charge in [-0.25, -0.2) is 4.79 Å². The molecule has 84 valence electrons. The first-order valence-electron chi connectivity index (χ1n) is 5.16. The third kappa shape index (κ3) is 1.46. The van der Waals surface area contributed by atoms with E-state index in [2.05, 4.69) is 0 Å². The number of amides is 1. The third-order valence-corrected chi connectivity index (χ3v) is 2.93. The topological polar surface area (TPSA) is 57.6 Å². The minimum Gasteiger partial charge on any atom is -0.478 e. The van der Waals surface area contributed by atoms with E-state index in [0.717, 1.165) is 11.3 Å². The summed E-state index contributed by atoms with van der Waals surface area (Å²) in [6, 6.07) is 5.06. The predicted octanol–water partition coefficient (Wildman–Crippen LogP) is 1.85. The predicted molar refractivity (Wildman–Crippen MR) is 59.8 cm³/mol. The number of aromatic carboxylic acids is 1. The molecule has 1 unspecified atom stereocenters. The number of fused-ring (bicyclic) bond motifs is 1. The fraction of sp³-hybridized carbons (Fsp3) is 0.333. The fourth-order valence-electron chi connectivity index (χ4n) is 2.25. The molecule has 4 nitrogen and oxygen atoms in total. The fourth-order valence-corrected chi connectivity index (χ4v) is 2.25. The van der Waals surface area contributed by atoms with Crippen LogP contribution in [0.4, 0.5) is 5.69 Å². The zero-order valence-electron chi connectivity index (χ0n) is 9.23. The van der Waals surface area contributed by atoms with Gasteiger partial charge in [0, 0.05) is 25.1 Å². The van der Waals surface area contributed by atoms with Crippen molar-refractivity contribution in [1.29, 1.82) is 0 Å². The number of carbonyl (C=O) groups excluding carboxylic acids is 1. The number of carboxylic acids is 1. The van der Waals surface area contributed by atoms with Crippen LogP contribution < -0.4 is 4.90 Å². The van der Waals surface area contributed by atoms with Gasteiger partial charge in [0.15, 0.2) is 0 Å². The van der Waals surface area contributed by atoms with E-state index in [1.807, 2.05) is 6.92 Å². The summed E-state index contributed by atoms with van der Waals surface area (Å²) >= 11 is 0. The van der Waals surface area contributed by atoms with Crippen molar-refractivity contribution in [3.63, 3.8) is 0 Å². The Hall–Kier alpha value is -1.84. The molecule has 0 aliphatic carbocycles. The molecular weight excluding hydrogens is 206 g/mol. The minimum absolute atomic E-state index is 0.0480. The minimum atomic E-state index is -0.936. The molecule has 16 heavy (non-hydrogen) atoms. The highest BCUT2D eigenvalue weighted by Crippen LogP contribution is 2.38. The maximum atomic E-state index is 11.4. The van der Waals surface area contributed by atoms with Gasteiger partial charge in [-0.05, 0) is 17.7 Å². The second kappa shape index (κ2) is 3.63. The Bertz CT molecular complexity index is 467. The first-order chi connectivity index (χ1) is 7.52. The van der Waals surface area contributed by atoms with Gasteiger partial charge < -0.3 is 10.0 Å². The molecule has 1 atom stereocenters. The summed E-state index contributed by atoms with van der Waals surface area (Å²) in [7, 11) is 0. The van der Waals surface area contributed by atoms with Gasteiger partial charge in [0.05, 0.1) is 5.56 Å². The summed E-state index contributed by atoms with van der Waals surface area (Å²) in [6.07, 6.45) is 0. The summed E-state index contributed by atoms with van der Waals surface area (Å²) in [5.74, 6) is -0.909. The Balaban J connectivity index is 2.60. The smallest absolute Gasteiger partial charge is 0.336 e. The van der Waals surface area contributed by atoms with Crippen molar-refractivity contribution in [2.45, 2.75) is 19.8 Å². The van der Waals surface area contributed by atoms with Crippen LogP contribution in [0.2, 0.25) is 0 Å². The molecule has 1 aromatic rings.